The van der Waals surface area contributed by atoms with E-state index in [-0.39, 0.29) is 6.42 Å². The molecular formula is C33H34ClF2NO2. The summed E-state index contributed by atoms with van der Waals surface area (Å²) in [5.74, 6) is -0.437. The lowest BCUT2D eigenvalue weighted by atomic mass is 9.85. The van der Waals surface area contributed by atoms with Gasteiger partial charge in [0.25, 0.3) is 0 Å². The Morgan fingerprint density at radius 1 is 1.08 bits per heavy atom. The van der Waals surface area contributed by atoms with Crippen molar-refractivity contribution in [3.8, 4) is 0 Å². The highest BCUT2D eigenvalue weighted by Crippen LogP contribution is 2.42. The van der Waals surface area contributed by atoms with Gasteiger partial charge in [0, 0.05) is 24.5 Å². The topological polar surface area (TPSA) is 40.5 Å². The van der Waals surface area contributed by atoms with E-state index in [0.717, 1.165) is 83.6 Å². The first-order valence-corrected chi connectivity index (χ1v) is 14.1. The van der Waals surface area contributed by atoms with Crippen molar-refractivity contribution in [3.63, 3.8) is 0 Å². The van der Waals surface area contributed by atoms with E-state index in [1.807, 2.05) is 24.3 Å². The smallest absolute Gasteiger partial charge is 0.335 e. The van der Waals surface area contributed by atoms with Gasteiger partial charge in [0.1, 0.15) is 0 Å². The van der Waals surface area contributed by atoms with Crippen molar-refractivity contribution in [2.75, 3.05) is 19.6 Å². The van der Waals surface area contributed by atoms with E-state index >= 15 is 0 Å². The molecule has 2 aliphatic rings. The molecule has 0 spiro atoms. The van der Waals surface area contributed by atoms with Gasteiger partial charge in [-0.25, -0.2) is 13.6 Å². The van der Waals surface area contributed by atoms with Crippen LogP contribution in [0.3, 0.4) is 0 Å². The maximum Gasteiger partial charge on any atom is 0.335 e. The fourth-order valence-electron chi connectivity index (χ4n) is 6.16. The van der Waals surface area contributed by atoms with Crippen LogP contribution in [0.2, 0.25) is 5.02 Å². The fourth-order valence-corrected chi connectivity index (χ4v) is 6.33. The van der Waals surface area contributed by atoms with Crippen LogP contribution in [0.1, 0.15) is 69.4 Å². The average molecular weight is 550 g/mol. The minimum absolute atomic E-state index is 0.0552. The predicted octanol–water partition coefficient (Wildman–Crippen LogP) is 8.16. The summed E-state index contributed by atoms with van der Waals surface area (Å²) >= 11 is 6.54. The summed E-state index contributed by atoms with van der Waals surface area (Å²) < 4.78 is 25.2. The highest BCUT2D eigenvalue weighted by atomic mass is 35.5. The maximum absolute atomic E-state index is 12.6. The van der Waals surface area contributed by atoms with Crippen molar-refractivity contribution in [3.05, 3.63) is 105 Å². The third-order valence-electron chi connectivity index (χ3n) is 8.19. The van der Waals surface area contributed by atoms with Gasteiger partial charge >= 0.3 is 5.97 Å². The molecule has 1 aliphatic carbocycles. The normalized spacial score (nSPS) is 17.9. The predicted molar refractivity (Wildman–Crippen MR) is 154 cm³/mol. The van der Waals surface area contributed by atoms with Crippen molar-refractivity contribution >= 4 is 28.7 Å². The van der Waals surface area contributed by atoms with Gasteiger partial charge in [-0.1, -0.05) is 54.1 Å². The first kappa shape index (κ1) is 27.5. The number of fused-ring (bicyclic) bond motifs is 1. The molecule has 6 heteroatoms. The zero-order chi connectivity index (χ0) is 27.5. The van der Waals surface area contributed by atoms with Gasteiger partial charge < -0.3 is 10.0 Å². The number of aromatic carboxylic acids is 1. The van der Waals surface area contributed by atoms with E-state index in [1.54, 1.807) is 6.07 Å². The van der Waals surface area contributed by atoms with Crippen molar-refractivity contribution < 1.29 is 18.7 Å². The van der Waals surface area contributed by atoms with Gasteiger partial charge in [-0.15, -0.1) is 0 Å². The summed E-state index contributed by atoms with van der Waals surface area (Å²) in [4.78, 5) is 13.9. The van der Waals surface area contributed by atoms with Gasteiger partial charge in [0.05, 0.1) is 5.56 Å². The Balaban J connectivity index is 1.49. The van der Waals surface area contributed by atoms with Crippen LogP contribution in [0, 0.1) is 12.8 Å². The highest BCUT2D eigenvalue weighted by molar-refractivity contribution is 6.31. The number of rotatable bonds is 8. The number of carboxylic acids is 1. The molecule has 39 heavy (non-hydrogen) atoms. The SMILES string of the molecule is Cc1c(Cl)cccc1C1=C(c2ccc(CC3CCN(CCC(F)F)C3)cc2)c2ccc(C(=O)O)cc2CCC1. The molecule has 1 N–H and O–H groups in total. The van der Waals surface area contributed by atoms with Crippen LogP contribution in [0.5, 0.6) is 0 Å². The Kier molecular flexibility index (Phi) is 8.49. The van der Waals surface area contributed by atoms with Crippen LogP contribution in [0.4, 0.5) is 8.78 Å². The molecule has 0 bridgehead atoms. The zero-order valence-electron chi connectivity index (χ0n) is 22.2. The fraction of sp³-hybridized carbons (Fsp3) is 0.364. The van der Waals surface area contributed by atoms with E-state index in [0.29, 0.717) is 18.0 Å². The zero-order valence-corrected chi connectivity index (χ0v) is 23.0. The number of halogens is 3. The van der Waals surface area contributed by atoms with E-state index in [1.165, 1.54) is 11.1 Å². The third-order valence-corrected chi connectivity index (χ3v) is 8.60. The standard InChI is InChI=1S/C33H34ClF2NO2/c1-21-27(5-3-7-30(21)34)29-6-2-4-25-19-26(33(38)39)12-13-28(25)32(29)24-10-8-22(9-11-24)18-23-14-16-37(20-23)17-15-31(35)36/h3,5,7-13,19,23,31H,2,4,6,14-18,20H2,1H3,(H,38,39). The summed E-state index contributed by atoms with van der Waals surface area (Å²) in [5.41, 5.74) is 9.33. The molecule has 0 amide bonds. The lowest BCUT2D eigenvalue weighted by Crippen LogP contribution is -2.23. The Labute approximate surface area is 234 Å². The van der Waals surface area contributed by atoms with Crippen LogP contribution >= 0.6 is 11.6 Å². The number of carboxylic acid groups (broad SMARTS) is 1. The van der Waals surface area contributed by atoms with Crippen LogP contribution < -0.4 is 0 Å². The molecule has 3 aromatic carbocycles. The molecule has 0 radical (unpaired) electrons. The van der Waals surface area contributed by atoms with E-state index in [2.05, 4.69) is 42.2 Å². The summed E-state index contributed by atoms with van der Waals surface area (Å²) in [5, 5.41) is 10.3. The molecule has 5 rings (SSSR count). The summed E-state index contributed by atoms with van der Waals surface area (Å²) in [6, 6.07) is 20.2. The largest absolute Gasteiger partial charge is 0.478 e. The number of likely N-dealkylation sites (tertiary alicyclic amines) is 1. The Bertz CT molecular complexity index is 1380. The van der Waals surface area contributed by atoms with Crippen LogP contribution in [0.15, 0.2) is 60.7 Å². The van der Waals surface area contributed by atoms with Gasteiger partial charge in [-0.2, -0.15) is 0 Å². The molecule has 3 nitrogen and oxygen atoms in total. The summed E-state index contributed by atoms with van der Waals surface area (Å²) in [7, 11) is 0. The molecule has 0 saturated carbocycles. The summed E-state index contributed by atoms with van der Waals surface area (Å²) in [6.45, 7) is 4.28. The van der Waals surface area contributed by atoms with Crippen molar-refractivity contribution in [2.24, 2.45) is 5.92 Å². The monoisotopic (exact) mass is 549 g/mol. The first-order chi connectivity index (χ1) is 18.8. The van der Waals surface area contributed by atoms with E-state index < -0.39 is 12.4 Å². The van der Waals surface area contributed by atoms with Crippen LogP contribution in [-0.2, 0) is 12.8 Å². The quantitative estimate of drug-likeness (QED) is 0.308. The number of carbonyl (C=O) groups is 1. The van der Waals surface area contributed by atoms with Crippen molar-refractivity contribution in [1.29, 1.82) is 0 Å². The molecule has 1 fully saturated rings. The highest BCUT2D eigenvalue weighted by Gasteiger charge is 2.25. The average Bonchev–Trinajstić information content (AvgIpc) is 3.28. The van der Waals surface area contributed by atoms with Crippen molar-refractivity contribution in [1.82, 2.24) is 4.90 Å². The molecule has 3 aromatic rings. The molecular weight excluding hydrogens is 516 g/mol. The number of aryl methyl sites for hydroxylation is 1. The summed E-state index contributed by atoms with van der Waals surface area (Å²) in [6.07, 6.45) is 2.27. The number of alkyl halides is 2. The molecule has 0 aromatic heterocycles. The Morgan fingerprint density at radius 2 is 1.87 bits per heavy atom. The molecule has 1 saturated heterocycles. The van der Waals surface area contributed by atoms with E-state index in [9.17, 15) is 18.7 Å². The molecule has 1 heterocycles. The van der Waals surface area contributed by atoms with Gasteiger partial charge in [0.15, 0.2) is 0 Å². The minimum Gasteiger partial charge on any atom is -0.478 e. The minimum atomic E-state index is -2.24. The van der Waals surface area contributed by atoms with Gasteiger partial charge in [0.2, 0.25) is 6.43 Å². The lowest BCUT2D eigenvalue weighted by Gasteiger charge is -2.19. The van der Waals surface area contributed by atoms with Crippen molar-refractivity contribution in [2.45, 2.75) is 51.9 Å². The second kappa shape index (κ2) is 12.0. The molecule has 204 valence electrons. The third kappa shape index (κ3) is 6.26. The van der Waals surface area contributed by atoms with Gasteiger partial charge in [-0.05, 0) is 114 Å². The molecule has 1 atom stereocenters. The molecule has 1 aliphatic heterocycles. The lowest BCUT2D eigenvalue weighted by molar-refractivity contribution is 0.0696. The molecule has 1 unspecified atom stereocenters. The number of hydrogen-bond donors (Lipinski definition) is 1. The van der Waals surface area contributed by atoms with Crippen LogP contribution in [0.25, 0.3) is 11.1 Å². The van der Waals surface area contributed by atoms with E-state index in [4.69, 9.17) is 11.6 Å². The Hall–Kier alpha value is -3.02. The van der Waals surface area contributed by atoms with Crippen LogP contribution in [-0.4, -0.2) is 42.0 Å². The van der Waals surface area contributed by atoms with Gasteiger partial charge in [-0.3, -0.25) is 0 Å². The second-order valence-corrected chi connectivity index (χ2v) is 11.2. The number of allylic oxidation sites excluding steroid dienone is 1. The number of nitrogens with zero attached hydrogens (tertiary/aromatic N) is 1. The first-order valence-electron chi connectivity index (χ1n) is 13.7. The Morgan fingerprint density at radius 3 is 2.62 bits per heavy atom. The second-order valence-electron chi connectivity index (χ2n) is 10.8. The maximum atomic E-state index is 12.6. The number of benzene rings is 3. The number of hydrogen-bond acceptors (Lipinski definition) is 2.